The topological polar surface area (TPSA) is 8.81 Å². The highest BCUT2D eigenvalue weighted by Crippen LogP contribution is 2.11. The lowest BCUT2D eigenvalue weighted by molar-refractivity contribution is -0.704. The lowest BCUT2D eigenvalue weighted by atomic mass is 10.2. The largest absolute Gasteiger partial charge is 0.258 e. The van der Waals surface area contributed by atoms with Crippen molar-refractivity contribution < 1.29 is 4.57 Å². The number of hydrogen-bond donors (Lipinski definition) is 0. The van der Waals surface area contributed by atoms with Crippen LogP contribution in [0.15, 0.2) is 12.4 Å². The first kappa shape index (κ1) is 11.3. The molecular formula is C12H23N2+. The van der Waals surface area contributed by atoms with Gasteiger partial charge in [0.25, 0.3) is 5.82 Å². The summed E-state index contributed by atoms with van der Waals surface area (Å²) in [7, 11) is 0. The number of nitrogens with zero attached hydrogens (tertiary/aromatic N) is 2. The Morgan fingerprint density at radius 2 is 2.00 bits per heavy atom. The van der Waals surface area contributed by atoms with Crippen LogP contribution in [0, 0.1) is 0 Å². The Balaban J connectivity index is 2.94. The fourth-order valence-corrected chi connectivity index (χ4v) is 2.00. The van der Waals surface area contributed by atoms with Gasteiger partial charge in [-0.3, -0.25) is 0 Å². The van der Waals surface area contributed by atoms with Crippen molar-refractivity contribution in [3.63, 3.8) is 0 Å². The molecule has 14 heavy (non-hydrogen) atoms. The summed E-state index contributed by atoms with van der Waals surface area (Å²) in [6.07, 6.45) is 6.85. The summed E-state index contributed by atoms with van der Waals surface area (Å²) < 4.78 is 4.78. The van der Waals surface area contributed by atoms with Crippen LogP contribution in [-0.4, -0.2) is 4.57 Å². The van der Waals surface area contributed by atoms with Crippen LogP contribution in [0.3, 0.4) is 0 Å². The molecule has 80 valence electrons. The van der Waals surface area contributed by atoms with Crippen molar-refractivity contribution >= 4 is 0 Å². The average Bonchev–Trinajstić information content (AvgIpc) is 2.49. The van der Waals surface area contributed by atoms with Crippen LogP contribution in [0.25, 0.3) is 0 Å². The van der Waals surface area contributed by atoms with Gasteiger partial charge in [-0.05, 0) is 12.8 Å². The predicted octanol–water partition coefficient (Wildman–Crippen LogP) is 2.72. The van der Waals surface area contributed by atoms with Crippen LogP contribution >= 0.6 is 0 Å². The fourth-order valence-electron chi connectivity index (χ4n) is 2.00. The van der Waals surface area contributed by atoms with E-state index in [-0.39, 0.29) is 0 Å². The SMILES string of the molecule is CCCn1cc[n+](CCC)c1C(C)C. The Bertz CT molecular complexity index is 250. The zero-order valence-electron chi connectivity index (χ0n) is 9.95. The molecule has 0 aliphatic carbocycles. The molecule has 0 aliphatic heterocycles. The number of aryl methyl sites for hydroxylation is 2. The van der Waals surface area contributed by atoms with Crippen LogP contribution in [0.5, 0.6) is 0 Å². The molecule has 2 heteroatoms. The van der Waals surface area contributed by atoms with Gasteiger partial charge in [0.1, 0.15) is 12.4 Å². The van der Waals surface area contributed by atoms with Gasteiger partial charge in [0, 0.05) is 0 Å². The maximum atomic E-state index is 2.39. The monoisotopic (exact) mass is 195 g/mol. The number of aromatic nitrogens is 2. The maximum Gasteiger partial charge on any atom is 0.258 e. The lowest BCUT2D eigenvalue weighted by Crippen LogP contribution is -2.37. The quantitative estimate of drug-likeness (QED) is 0.639. The molecular weight excluding hydrogens is 172 g/mol. The summed E-state index contributed by atoms with van der Waals surface area (Å²) in [4.78, 5) is 0. The third kappa shape index (κ3) is 2.37. The molecule has 0 radical (unpaired) electrons. The molecule has 0 atom stereocenters. The summed E-state index contributed by atoms with van der Waals surface area (Å²) in [5.41, 5.74) is 0. The highest BCUT2D eigenvalue weighted by Gasteiger charge is 2.18. The van der Waals surface area contributed by atoms with E-state index in [0.29, 0.717) is 5.92 Å². The zero-order chi connectivity index (χ0) is 10.6. The van der Waals surface area contributed by atoms with Crippen LogP contribution in [0.4, 0.5) is 0 Å². The standard InChI is InChI=1S/C12H23N2/c1-5-7-13-9-10-14(8-6-2)12(13)11(3)4/h9-11H,5-8H2,1-4H3/q+1. The molecule has 0 saturated heterocycles. The van der Waals surface area contributed by atoms with E-state index < -0.39 is 0 Å². The maximum absolute atomic E-state index is 2.39. The van der Waals surface area contributed by atoms with Gasteiger partial charge in [0.15, 0.2) is 0 Å². The summed E-state index contributed by atoms with van der Waals surface area (Å²) >= 11 is 0. The van der Waals surface area contributed by atoms with Gasteiger partial charge in [-0.1, -0.05) is 27.7 Å². The molecule has 1 aromatic heterocycles. The molecule has 0 N–H and O–H groups in total. The minimum absolute atomic E-state index is 0.614. The van der Waals surface area contributed by atoms with E-state index in [1.807, 2.05) is 0 Å². The van der Waals surface area contributed by atoms with Crippen molar-refractivity contribution in [3.8, 4) is 0 Å². The van der Waals surface area contributed by atoms with Gasteiger partial charge in [0.2, 0.25) is 0 Å². The van der Waals surface area contributed by atoms with Crippen molar-refractivity contribution in [3.05, 3.63) is 18.2 Å². The fraction of sp³-hybridized carbons (Fsp3) is 0.750. The van der Waals surface area contributed by atoms with E-state index in [1.54, 1.807) is 0 Å². The summed E-state index contributed by atoms with van der Waals surface area (Å²) in [5.74, 6) is 2.08. The minimum Gasteiger partial charge on any atom is -0.234 e. The second kappa shape index (κ2) is 5.18. The molecule has 0 aromatic carbocycles. The average molecular weight is 195 g/mol. The van der Waals surface area contributed by atoms with Crippen molar-refractivity contribution in [2.45, 2.75) is 59.5 Å². The minimum atomic E-state index is 0.614. The second-order valence-electron chi connectivity index (χ2n) is 4.20. The van der Waals surface area contributed by atoms with Crippen molar-refractivity contribution in [2.75, 3.05) is 0 Å². The Morgan fingerprint density at radius 3 is 2.50 bits per heavy atom. The van der Waals surface area contributed by atoms with Crippen LogP contribution in [-0.2, 0) is 13.1 Å². The Labute approximate surface area is 87.6 Å². The van der Waals surface area contributed by atoms with E-state index in [9.17, 15) is 0 Å². The Hall–Kier alpha value is -0.790. The van der Waals surface area contributed by atoms with E-state index in [0.717, 1.165) is 13.1 Å². The Morgan fingerprint density at radius 1 is 1.29 bits per heavy atom. The van der Waals surface area contributed by atoms with Crippen LogP contribution < -0.4 is 4.57 Å². The van der Waals surface area contributed by atoms with Crippen molar-refractivity contribution in [1.29, 1.82) is 0 Å². The summed E-state index contributed by atoms with van der Waals surface area (Å²) in [6, 6.07) is 0. The number of imidazole rings is 1. The number of hydrogen-bond acceptors (Lipinski definition) is 0. The van der Waals surface area contributed by atoms with Crippen molar-refractivity contribution in [1.82, 2.24) is 4.57 Å². The molecule has 1 rings (SSSR count). The van der Waals surface area contributed by atoms with Gasteiger partial charge in [0.05, 0.1) is 19.0 Å². The van der Waals surface area contributed by atoms with E-state index in [1.165, 1.54) is 18.7 Å². The Kier molecular flexibility index (Phi) is 4.18. The molecule has 0 spiro atoms. The first-order valence-electron chi connectivity index (χ1n) is 5.79. The zero-order valence-corrected chi connectivity index (χ0v) is 9.95. The van der Waals surface area contributed by atoms with Gasteiger partial charge >= 0.3 is 0 Å². The van der Waals surface area contributed by atoms with Gasteiger partial charge in [-0.2, -0.15) is 0 Å². The van der Waals surface area contributed by atoms with Gasteiger partial charge in [-0.25, -0.2) is 9.13 Å². The molecule has 2 nitrogen and oxygen atoms in total. The smallest absolute Gasteiger partial charge is 0.234 e. The van der Waals surface area contributed by atoms with Gasteiger partial charge < -0.3 is 0 Å². The summed E-state index contributed by atoms with van der Waals surface area (Å²) in [6.45, 7) is 11.3. The van der Waals surface area contributed by atoms with E-state index >= 15 is 0 Å². The molecule has 0 saturated carbocycles. The first-order valence-corrected chi connectivity index (χ1v) is 5.79. The molecule has 0 unspecified atom stereocenters. The van der Waals surface area contributed by atoms with Crippen molar-refractivity contribution in [2.24, 2.45) is 0 Å². The molecule has 1 aromatic rings. The summed E-state index contributed by atoms with van der Waals surface area (Å²) in [5, 5.41) is 0. The lowest BCUT2D eigenvalue weighted by Gasteiger charge is -2.06. The predicted molar refractivity (Wildman–Crippen MR) is 59.3 cm³/mol. The normalized spacial score (nSPS) is 11.2. The second-order valence-corrected chi connectivity index (χ2v) is 4.20. The third-order valence-electron chi connectivity index (χ3n) is 2.46. The highest BCUT2D eigenvalue weighted by atomic mass is 15.1. The number of rotatable bonds is 5. The highest BCUT2D eigenvalue weighted by molar-refractivity contribution is 4.89. The molecule has 0 amide bonds. The third-order valence-corrected chi connectivity index (χ3v) is 2.46. The van der Waals surface area contributed by atoms with E-state index in [2.05, 4.69) is 49.2 Å². The first-order chi connectivity index (χ1) is 6.70. The molecule has 1 heterocycles. The molecule has 0 aliphatic rings. The molecule has 0 fully saturated rings. The van der Waals surface area contributed by atoms with E-state index in [4.69, 9.17) is 0 Å². The molecule has 0 bridgehead atoms. The van der Waals surface area contributed by atoms with Crippen LogP contribution in [0.2, 0.25) is 0 Å². The van der Waals surface area contributed by atoms with Gasteiger partial charge in [-0.15, -0.1) is 0 Å². The van der Waals surface area contributed by atoms with Crippen LogP contribution in [0.1, 0.15) is 52.3 Å².